The summed E-state index contributed by atoms with van der Waals surface area (Å²) in [5.41, 5.74) is 1.02. The number of aliphatic carboxylic acids is 1. The van der Waals surface area contributed by atoms with Crippen LogP contribution in [0.2, 0.25) is 0 Å². The lowest BCUT2D eigenvalue weighted by molar-refractivity contribution is -0.142. The van der Waals surface area contributed by atoms with E-state index in [0.29, 0.717) is 5.75 Å². The molecule has 2 bridgehead atoms. The van der Waals surface area contributed by atoms with Crippen LogP contribution in [0.15, 0.2) is 64.4 Å². The quantitative estimate of drug-likeness (QED) is 0.444. The zero-order valence-corrected chi connectivity index (χ0v) is 21.7. The first-order valence-electron chi connectivity index (χ1n) is 12.7. The van der Waals surface area contributed by atoms with Gasteiger partial charge in [0.15, 0.2) is 0 Å². The van der Waals surface area contributed by atoms with Crippen molar-refractivity contribution in [1.29, 1.82) is 0 Å². The average molecular weight is 549 g/mol. The summed E-state index contributed by atoms with van der Waals surface area (Å²) in [5, 5.41) is 10.1. The smallest absolute Gasteiger partial charge is 0.305 e. The predicted molar refractivity (Wildman–Crippen MR) is 140 cm³/mol. The molecule has 3 heterocycles. The van der Waals surface area contributed by atoms with Gasteiger partial charge in [0.25, 0.3) is 0 Å². The van der Waals surface area contributed by atoms with Crippen LogP contribution in [0.25, 0.3) is 0 Å². The number of aromatic amines is 1. The minimum atomic E-state index is -1.03. The van der Waals surface area contributed by atoms with Crippen molar-refractivity contribution >= 4 is 40.9 Å². The molecule has 4 aliphatic rings. The molecule has 38 heavy (non-hydrogen) atoms. The van der Waals surface area contributed by atoms with Gasteiger partial charge in [-0.05, 0) is 54.0 Å². The number of carboxylic acids is 1. The van der Waals surface area contributed by atoms with Crippen molar-refractivity contribution in [2.24, 2.45) is 29.6 Å². The minimum absolute atomic E-state index is 0.00841. The number of benzene rings is 2. The maximum absolute atomic E-state index is 13.5. The first-order valence-corrected chi connectivity index (χ1v) is 14.4. The van der Waals surface area contributed by atoms with Crippen molar-refractivity contribution in [2.75, 3.05) is 6.54 Å². The van der Waals surface area contributed by atoms with Crippen molar-refractivity contribution in [2.45, 2.75) is 29.0 Å². The third-order valence-electron chi connectivity index (χ3n) is 8.56. The second kappa shape index (κ2) is 8.84. The summed E-state index contributed by atoms with van der Waals surface area (Å²) in [6.07, 6.45) is 0.543. The molecule has 194 valence electrons. The number of carbonyl (C=O) groups is 3. The van der Waals surface area contributed by atoms with E-state index in [9.17, 15) is 19.2 Å². The van der Waals surface area contributed by atoms with Crippen LogP contribution in [0, 0.1) is 29.6 Å². The number of likely N-dealkylation sites (tertiary alicyclic amines) is 1. The molecule has 0 radical (unpaired) electrons. The van der Waals surface area contributed by atoms with Crippen LogP contribution in [0.1, 0.15) is 29.2 Å². The first kappa shape index (κ1) is 23.7. The third-order valence-corrected chi connectivity index (χ3v) is 11.1. The number of amides is 2. The number of H-pyrrole nitrogens is 1. The number of carbonyl (C=O) groups excluding carboxylic acids is 2. The van der Waals surface area contributed by atoms with E-state index in [1.54, 1.807) is 11.8 Å². The molecular weight excluding hydrogens is 524 g/mol. The van der Waals surface area contributed by atoms with Crippen LogP contribution in [0.4, 0.5) is 0 Å². The van der Waals surface area contributed by atoms with Gasteiger partial charge >= 0.3 is 10.8 Å². The lowest BCUT2D eigenvalue weighted by Crippen LogP contribution is -2.42. The van der Waals surface area contributed by atoms with Gasteiger partial charge < -0.3 is 14.8 Å². The van der Waals surface area contributed by atoms with Gasteiger partial charge in [-0.25, -0.2) is 0 Å². The van der Waals surface area contributed by atoms with Crippen LogP contribution < -0.4 is 9.61 Å². The van der Waals surface area contributed by atoms with E-state index in [1.165, 1.54) is 16.2 Å². The summed E-state index contributed by atoms with van der Waals surface area (Å²) in [6.45, 7) is -0.0785. The second-order valence-electron chi connectivity index (χ2n) is 10.4. The molecule has 2 N–H and O–H groups in total. The Kier molecular flexibility index (Phi) is 5.52. The van der Waals surface area contributed by atoms with E-state index in [2.05, 4.69) is 4.98 Å². The highest BCUT2D eigenvalue weighted by Gasteiger charge is 2.69. The van der Waals surface area contributed by atoms with E-state index in [4.69, 9.17) is 9.84 Å². The average Bonchev–Trinajstić information content (AvgIpc) is 3.62. The molecule has 1 aromatic heterocycles. The van der Waals surface area contributed by atoms with Gasteiger partial charge in [0.2, 0.25) is 11.8 Å². The maximum Gasteiger partial charge on any atom is 0.305 e. The van der Waals surface area contributed by atoms with Gasteiger partial charge in [-0.3, -0.25) is 24.1 Å². The number of nitrogens with zero attached hydrogens (tertiary/aromatic N) is 1. The summed E-state index contributed by atoms with van der Waals surface area (Å²) < 4.78 is 6.11. The van der Waals surface area contributed by atoms with Crippen LogP contribution >= 0.6 is 23.1 Å². The zero-order chi connectivity index (χ0) is 26.1. The fourth-order valence-electron chi connectivity index (χ4n) is 7.28. The highest BCUT2D eigenvalue weighted by Crippen LogP contribution is 2.68. The van der Waals surface area contributed by atoms with Gasteiger partial charge in [0.1, 0.15) is 11.5 Å². The number of hydrogen-bond donors (Lipinski definition) is 2. The molecule has 0 unspecified atom stereocenters. The molecule has 2 saturated carbocycles. The van der Waals surface area contributed by atoms with Gasteiger partial charge in [0.05, 0.1) is 23.3 Å². The predicted octanol–water partition coefficient (Wildman–Crippen LogP) is 4.18. The van der Waals surface area contributed by atoms with E-state index >= 15 is 0 Å². The largest absolute Gasteiger partial charge is 0.481 e. The van der Waals surface area contributed by atoms with E-state index in [0.717, 1.165) is 27.6 Å². The van der Waals surface area contributed by atoms with Crippen molar-refractivity contribution in [3.63, 3.8) is 0 Å². The first-order chi connectivity index (χ1) is 18.4. The Bertz CT molecular complexity index is 1520. The Hall–Kier alpha value is -3.37. The van der Waals surface area contributed by atoms with Gasteiger partial charge in [-0.1, -0.05) is 41.7 Å². The van der Waals surface area contributed by atoms with Crippen molar-refractivity contribution in [3.8, 4) is 11.5 Å². The van der Waals surface area contributed by atoms with E-state index in [-0.39, 0.29) is 58.6 Å². The maximum atomic E-state index is 13.5. The molecule has 2 aromatic carbocycles. The molecule has 3 fully saturated rings. The topological polar surface area (TPSA) is 117 Å². The van der Waals surface area contributed by atoms with Gasteiger partial charge in [0, 0.05) is 22.6 Å². The summed E-state index contributed by atoms with van der Waals surface area (Å²) in [7, 11) is 0. The second-order valence-corrected chi connectivity index (χ2v) is 12.6. The lowest BCUT2D eigenvalue weighted by atomic mass is 9.68. The Labute approximate surface area is 226 Å². The monoisotopic (exact) mass is 548 g/mol. The molecular formula is C28H24N2O6S2. The highest BCUT2D eigenvalue weighted by atomic mass is 32.2. The minimum Gasteiger partial charge on any atom is -0.481 e. The summed E-state index contributed by atoms with van der Waals surface area (Å²) in [6, 6.07) is 17.5. The molecule has 8 nitrogen and oxygen atoms in total. The fourth-order valence-corrected chi connectivity index (χ4v) is 10.2. The summed E-state index contributed by atoms with van der Waals surface area (Å²) in [5.74, 6) is -0.925. The lowest BCUT2D eigenvalue weighted by Gasteiger charge is -2.43. The zero-order valence-electron chi connectivity index (χ0n) is 20.1. The summed E-state index contributed by atoms with van der Waals surface area (Å²) >= 11 is 2.85. The number of thiazole rings is 1. The van der Waals surface area contributed by atoms with Gasteiger partial charge in [-0.2, -0.15) is 0 Å². The summed E-state index contributed by atoms with van der Waals surface area (Å²) in [4.78, 5) is 55.5. The fraction of sp³-hybridized carbons (Fsp3) is 0.357. The number of nitrogens with one attached hydrogen (secondary N) is 1. The number of para-hydroxylation sites is 1. The number of imide groups is 1. The Morgan fingerprint density at radius 3 is 2.50 bits per heavy atom. The van der Waals surface area contributed by atoms with Crippen molar-refractivity contribution < 1.29 is 24.2 Å². The molecule has 2 aliphatic carbocycles. The number of ether oxygens (including phenoxy) is 1. The Morgan fingerprint density at radius 2 is 1.74 bits per heavy atom. The van der Waals surface area contributed by atoms with Gasteiger partial charge in [-0.15, -0.1) is 11.8 Å². The number of carboxylic acid groups (broad SMARTS) is 1. The SMILES string of the molecule is O=C(O)CCN1C(=O)[C@@H]2[C@H]3C[C@@H]([C@@H]2C1=O)[C@@H]1[C@@H](c2cccc(Oc4ccccc4)c2)c2sc(=O)[nH]c2S[C@H]31. The van der Waals surface area contributed by atoms with Crippen LogP contribution in [0.3, 0.4) is 0 Å². The normalized spacial score (nSPS) is 30.7. The van der Waals surface area contributed by atoms with Crippen molar-refractivity contribution in [3.05, 3.63) is 74.7 Å². The Balaban J connectivity index is 1.27. The number of aromatic nitrogens is 1. The van der Waals surface area contributed by atoms with Crippen molar-refractivity contribution in [1.82, 2.24) is 9.88 Å². The molecule has 0 spiro atoms. The van der Waals surface area contributed by atoms with E-state index < -0.39 is 17.8 Å². The molecule has 10 heteroatoms. The number of thioether (sulfide) groups is 1. The molecule has 7 atom stereocenters. The van der Waals surface area contributed by atoms with Crippen LogP contribution in [0.5, 0.6) is 11.5 Å². The number of hydrogen-bond acceptors (Lipinski definition) is 7. The molecule has 3 aromatic rings. The van der Waals surface area contributed by atoms with Crippen LogP contribution in [-0.2, 0) is 14.4 Å². The Morgan fingerprint density at radius 1 is 1.00 bits per heavy atom. The highest BCUT2D eigenvalue weighted by molar-refractivity contribution is 8.00. The standard InChI is InChI=1S/C28H24N2O6S2/c31-18(32)9-10-30-26(33)21-16-12-17(22(21)27(30)34)23-20(16)19(24-25(37-23)29-28(35)38-24)13-5-4-8-15(11-13)36-14-6-2-1-3-7-14/h1-8,11,16-17,19-23H,9-10,12H2,(H,29,35)(H,31,32)/t16-,17-,19-,20-,21+,22-,23-/m1/s1. The van der Waals surface area contributed by atoms with Crippen LogP contribution in [-0.4, -0.2) is 44.6 Å². The molecule has 1 saturated heterocycles. The molecule has 7 rings (SSSR count). The van der Waals surface area contributed by atoms with E-state index in [1.807, 2.05) is 54.6 Å². The number of fused-ring (bicyclic) bond motifs is 9. The molecule has 2 aliphatic heterocycles. The third kappa shape index (κ3) is 3.57. The number of rotatable bonds is 6. The molecule has 2 amide bonds.